The molecule has 0 spiro atoms. The molecule has 0 radical (unpaired) electrons. The highest BCUT2D eigenvalue weighted by atomic mass is 35.5. The van der Waals surface area contributed by atoms with Crippen LogP contribution in [0.2, 0.25) is 5.02 Å². The van der Waals surface area contributed by atoms with Gasteiger partial charge >= 0.3 is 6.03 Å². The van der Waals surface area contributed by atoms with Crippen molar-refractivity contribution in [3.05, 3.63) is 52.1 Å². The first-order chi connectivity index (χ1) is 15.4. The first kappa shape index (κ1) is 22.7. The van der Waals surface area contributed by atoms with Crippen molar-refractivity contribution in [2.75, 3.05) is 25.0 Å². The number of halogens is 2. The van der Waals surface area contributed by atoms with Gasteiger partial charge in [-0.15, -0.1) is 0 Å². The van der Waals surface area contributed by atoms with Crippen molar-refractivity contribution in [1.82, 2.24) is 25.5 Å². The molecule has 4 rings (SSSR count). The van der Waals surface area contributed by atoms with Crippen molar-refractivity contribution in [2.24, 2.45) is 5.92 Å². The van der Waals surface area contributed by atoms with Crippen molar-refractivity contribution < 1.29 is 9.18 Å². The van der Waals surface area contributed by atoms with Crippen LogP contribution < -0.4 is 16.0 Å². The summed E-state index contributed by atoms with van der Waals surface area (Å²) in [7, 11) is 0. The molecule has 2 aliphatic rings. The maximum absolute atomic E-state index is 13.7. The SMILES string of the molecule is CC(C)Nc1ncc2c(n1)CN(C(=O)N[C@H](CNCC1CC1)c1ccc(F)c(Cl)c1)CC2. The van der Waals surface area contributed by atoms with E-state index >= 15 is 0 Å². The summed E-state index contributed by atoms with van der Waals surface area (Å²) < 4.78 is 13.7. The number of rotatable bonds is 8. The Morgan fingerprint density at radius 1 is 1.34 bits per heavy atom. The van der Waals surface area contributed by atoms with Crippen molar-refractivity contribution >= 4 is 23.6 Å². The van der Waals surface area contributed by atoms with Crippen LogP contribution in [0.3, 0.4) is 0 Å². The van der Waals surface area contributed by atoms with Crippen molar-refractivity contribution in [3.8, 4) is 0 Å². The van der Waals surface area contributed by atoms with Crippen LogP contribution in [-0.4, -0.2) is 46.6 Å². The van der Waals surface area contributed by atoms with E-state index < -0.39 is 5.82 Å². The largest absolute Gasteiger partial charge is 0.352 e. The minimum absolute atomic E-state index is 0.0534. The second-order valence-corrected chi connectivity index (χ2v) is 9.32. The first-order valence-electron chi connectivity index (χ1n) is 11.2. The van der Waals surface area contributed by atoms with Crippen LogP contribution in [0.15, 0.2) is 24.4 Å². The summed E-state index contributed by atoms with van der Waals surface area (Å²) in [4.78, 5) is 23.9. The molecule has 0 unspecified atom stereocenters. The highest BCUT2D eigenvalue weighted by Crippen LogP contribution is 2.28. The molecule has 1 aliphatic carbocycles. The van der Waals surface area contributed by atoms with Crippen molar-refractivity contribution in [2.45, 2.75) is 51.7 Å². The van der Waals surface area contributed by atoms with E-state index in [0.29, 0.717) is 32.0 Å². The molecule has 1 fully saturated rings. The molecule has 1 atom stereocenters. The number of urea groups is 1. The molecule has 0 bridgehead atoms. The molecule has 1 aromatic carbocycles. The minimum Gasteiger partial charge on any atom is -0.352 e. The molecular formula is C23H30ClFN6O. The Kier molecular flexibility index (Phi) is 7.10. The number of aromatic nitrogens is 2. The maximum atomic E-state index is 13.7. The molecule has 9 heteroatoms. The van der Waals surface area contributed by atoms with Gasteiger partial charge in [0.15, 0.2) is 0 Å². The second kappa shape index (κ2) is 10.0. The topological polar surface area (TPSA) is 82.2 Å². The van der Waals surface area contributed by atoms with Crippen LogP contribution in [0.25, 0.3) is 0 Å². The van der Waals surface area contributed by atoms with Gasteiger partial charge in [-0.25, -0.2) is 19.2 Å². The predicted molar refractivity (Wildman–Crippen MR) is 123 cm³/mol. The number of fused-ring (bicyclic) bond motifs is 1. The average molecular weight is 461 g/mol. The highest BCUT2D eigenvalue weighted by Gasteiger charge is 2.26. The number of benzene rings is 1. The van der Waals surface area contributed by atoms with E-state index in [9.17, 15) is 9.18 Å². The zero-order valence-electron chi connectivity index (χ0n) is 18.5. The number of nitrogens with one attached hydrogen (secondary N) is 3. The molecular weight excluding hydrogens is 431 g/mol. The fourth-order valence-electron chi connectivity index (χ4n) is 3.78. The van der Waals surface area contributed by atoms with Gasteiger partial charge in [-0.3, -0.25) is 0 Å². The van der Waals surface area contributed by atoms with Crippen LogP contribution >= 0.6 is 11.6 Å². The Hall–Kier alpha value is -2.45. The summed E-state index contributed by atoms with van der Waals surface area (Å²) in [5.74, 6) is 0.823. The molecule has 2 heterocycles. The number of nitrogens with zero attached hydrogens (tertiary/aromatic N) is 3. The van der Waals surface area contributed by atoms with Crippen LogP contribution in [0.1, 0.15) is 49.6 Å². The molecule has 172 valence electrons. The number of hydrogen-bond donors (Lipinski definition) is 3. The lowest BCUT2D eigenvalue weighted by molar-refractivity contribution is 0.187. The van der Waals surface area contributed by atoms with Gasteiger partial charge in [-0.1, -0.05) is 17.7 Å². The van der Waals surface area contributed by atoms with Gasteiger partial charge in [0.05, 0.1) is 23.3 Å². The third-order valence-electron chi connectivity index (χ3n) is 5.77. The average Bonchev–Trinajstić information content (AvgIpc) is 3.58. The quantitative estimate of drug-likeness (QED) is 0.556. The molecule has 32 heavy (non-hydrogen) atoms. The summed E-state index contributed by atoms with van der Waals surface area (Å²) >= 11 is 6.01. The molecule has 0 saturated heterocycles. The maximum Gasteiger partial charge on any atom is 0.318 e. The number of carbonyl (C=O) groups excluding carboxylic acids is 1. The van der Waals surface area contributed by atoms with Gasteiger partial charge in [-0.2, -0.15) is 0 Å². The number of carbonyl (C=O) groups is 1. The summed E-state index contributed by atoms with van der Waals surface area (Å²) in [5, 5.41) is 9.80. The van der Waals surface area contributed by atoms with E-state index in [4.69, 9.17) is 11.6 Å². The first-order valence-corrected chi connectivity index (χ1v) is 11.6. The number of anilines is 1. The summed E-state index contributed by atoms with van der Waals surface area (Å²) in [6.45, 7) is 6.54. The zero-order chi connectivity index (χ0) is 22.7. The number of hydrogen-bond acceptors (Lipinski definition) is 5. The smallest absolute Gasteiger partial charge is 0.318 e. The van der Waals surface area contributed by atoms with Gasteiger partial charge in [0.25, 0.3) is 0 Å². The Labute approximate surface area is 193 Å². The lowest BCUT2D eigenvalue weighted by Gasteiger charge is -2.30. The van der Waals surface area contributed by atoms with Gasteiger partial charge in [0, 0.05) is 25.3 Å². The van der Waals surface area contributed by atoms with Crippen LogP contribution in [0.4, 0.5) is 15.1 Å². The normalized spacial score (nSPS) is 16.6. The third-order valence-corrected chi connectivity index (χ3v) is 6.06. The monoisotopic (exact) mass is 460 g/mol. The van der Waals surface area contributed by atoms with Crippen LogP contribution in [0.5, 0.6) is 0 Å². The van der Waals surface area contributed by atoms with E-state index in [1.54, 1.807) is 17.0 Å². The fraction of sp³-hybridized carbons (Fsp3) is 0.522. The molecule has 1 saturated carbocycles. The summed E-state index contributed by atoms with van der Waals surface area (Å²) in [5.41, 5.74) is 2.70. The van der Waals surface area contributed by atoms with E-state index in [2.05, 4.69) is 25.9 Å². The van der Waals surface area contributed by atoms with Gasteiger partial charge in [0.1, 0.15) is 5.82 Å². The summed E-state index contributed by atoms with van der Waals surface area (Å²) in [6.07, 6.45) is 5.04. The lowest BCUT2D eigenvalue weighted by atomic mass is 10.1. The Morgan fingerprint density at radius 3 is 2.88 bits per heavy atom. The molecule has 2 amide bonds. The molecule has 1 aromatic heterocycles. The predicted octanol–water partition coefficient (Wildman–Crippen LogP) is 3.90. The van der Waals surface area contributed by atoms with E-state index in [-0.39, 0.29) is 23.1 Å². The molecule has 2 aromatic rings. The third kappa shape index (κ3) is 5.86. The Morgan fingerprint density at radius 2 is 2.16 bits per heavy atom. The van der Waals surface area contributed by atoms with Crippen molar-refractivity contribution in [1.29, 1.82) is 0 Å². The fourth-order valence-corrected chi connectivity index (χ4v) is 3.97. The highest BCUT2D eigenvalue weighted by molar-refractivity contribution is 6.30. The van der Waals surface area contributed by atoms with Gasteiger partial charge < -0.3 is 20.9 Å². The van der Waals surface area contributed by atoms with Crippen LogP contribution in [0, 0.1) is 11.7 Å². The van der Waals surface area contributed by atoms with Crippen molar-refractivity contribution in [3.63, 3.8) is 0 Å². The molecule has 3 N–H and O–H groups in total. The lowest BCUT2D eigenvalue weighted by Crippen LogP contribution is -2.46. The summed E-state index contributed by atoms with van der Waals surface area (Å²) in [6, 6.07) is 4.34. The van der Waals surface area contributed by atoms with E-state index in [1.165, 1.54) is 18.9 Å². The molecule has 7 nitrogen and oxygen atoms in total. The molecule has 1 aliphatic heterocycles. The number of amides is 2. The van der Waals surface area contributed by atoms with Gasteiger partial charge in [-0.05, 0) is 68.8 Å². The van der Waals surface area contributed by atoms with Crippen LogP contribution in [-0.2, 0) is 13.0 Å². The minimum atomic E-state index is -0.468. The van der Waals surface area contributed by atoms with Gasteiger partial charge in [0.2, 0.25) is 5.95 Å². The standard InChI is InChI=1S/C23H30ClFN6O/c1-14(2)28-22-27-11-17-7-8-31(13-21(17)29-22)23(32)30-20(12-26-10-15-3-4-15)16-5-6-19(25)18(24)9-16/h5-6,9,11,14-15,20,26H,3-4,7-8,10,12-13H2,1-2H3,(H,30,32)(H,27,28,29)/t20-/m1/s1. The van der Waals surface area contributed by atoms with E-state index in [0.717, 1.165) is 29.3 Å². The Balaban J connectivity index is 1.44. The second-order valence-electron chi connectivity index (χ2n) is 8.91. The zero-order valence-corrected chi connectivity index (χ0v) is 19.3. The van der Waals surface area contributed by atoms with E-state index in [1.807, 2.05) is 20.0 Å². The Bertz CT molecular complexity index is 967.